The summed E-state index contributed by atoms with van der Waals surface area (Å²) in [7, 11) is 0. The second-order valence-corrected chi connectivity index (χ2v) is 3.80. The predicted molar refractivity (Wildman–Crippen MR) is 69.5 cm³/mol. The number of nitrogens with two attached hydrogens (primary N) is 1. The van der Waals surface area contributed by atoms with Crippen molar-refractivity contribution in [2.45, 2.75) is 20.0 Å². The van der Waals surface area contributed by atoms with E-state index in [1.165, 1.54) is 6.92 Å². The first-order valence-corrected chi connectivity index (χ1v) is 5.48. The van der Waals surface area contributed by atoms with E-state index >= 15 is 0 Å². The van der Waals surface area contributed by atoms with Gasteiger partial charge in [0.1, 0.15) is 11.8 Å². The topological polar surface area (TPSA) is 81.4 Å². The highest BCUT2D eigenvalue weighted by atomic mass is 16.6. The molecule has 0 aromatic heterocycles. The van der Waals surface area contributed by atoms with Crippen molar-refractivity contribution in [2.24, 2.45) is 5.73 Å². The van der Waals surface area contributed by atoms with E-state index in [9.17, 15) is 9.59 Å². The Labute approximate surface area is 107 Å². The molecular weight excluding hydrogens is 232 g/mol. The van der Waals surface area contributed by atoms with Gasteiger partial charge < -0.3 is 10.5 Å². The Morgan fingerprint density at radius 3 is 2.56 bits per heavy atom. The molecule has 5 heteroatoms. The molecule has 1 atom stereocenters. The summed E-state index contributed by atoms with van der Waals surface area (Å²) in [6.45, 7) is 3.26. The van der Waals surface area contributed by atoms with Gasteiger partial charge in [0.05, 0.1) is 0 Å². The van der Waals surface area contributed by atoms with Crippen LogP contribution in [0.4, 0.5) is 4.79 Å². The van der Waals surface area contributed by atoms with Gasteiger partial charge in [-0.05, 0) is 19.4 Å². The Bertz CT molecular complexity index is 456. The summed E-state index contributed by atoms with van der Waals surface area (Å²) >= 11 is 0. The minimum Gasteiger partial charge on any atom is -0.441 e. The molecule has 1 aromatic carbocycles. The van der Waals surface area contributed by atoms with Gasteiger partial charge in [-0.15, -0.1) is 0 Å². The first kappa shape index (κ1) is 13.8. The largest absolute Gasteiger partial charge is 0.441 e. The van der Waals surface area contributed by atoms with E-state index in [1.807, 2.05) is 30.3 Å². The third-order valence-corrected chi connectivity index (χ3v) is 2.33. The van der Waals surface area contributed by atoms with Crippen LogP contribution in [0.5, 0.6) is 0 Å². The lowest BCUT2D eigenvalue weighted by Gasteiger charge is -2.14. The van der Waals surface area contributed by atoms with Crippen molar-refractivity contribution in [2.75, 3.05) is 0 Å². The number of nitrogens with one attached hydrogen (secondary N) is 1. The molecule has 1 amide bonds. The average molecular weight is 250 g/mol. The fourth-order valence-corrected chi connectivity index (χ4v) is 1.31. The van der Waals surface area contributed by atoms with E-state index in [0.717, 1.165) is 5.56 Å². The number of alkyl carbamates (subject to hydrolysis) is 1. The van der Waals surface area contributed by atoms with Crippen LogP contribution in [0.25, 0.3) is 0 Å². The molecular formula is C13H18N2O3. The molecule has 0 unspecified atom stereocenters. The molecule has 0 heterocycles. The molecule has 98 valence electrons. The molecule has 0 fully saturated rings. The average Bonchev–Trinajstić information content (AvgIpc) is 2.36. The number of allylic oxidation sites excluding steroid dienone is 2. The van der Waals surface area contributed by atoms with Crippen LogP contribution in [-0.4, -0.2) is 12.4 Å². The highest BCUT2D eigenvalue weighted by molar-refractivity contribution is 5.82. The summed E-state index contributed by atoms with van der Waals surface area (Å²) in [6, 6.07) is 9.29. The van der Waals surface area contributed by atoms with Crippen molar-refractivity contribution in [3.8, 4) is 0 Å². The van der Waals surface area contributed by atoms with E-state index in [0.29, 0.717) is 6.29 Å². The smallest absolute Gasteiger partial charge is 0.412 e. The maximum atomic E-state index is 11.5. The number of carbonyl (C=O) groups is 2. The Morgan fingerprint density at radius 2 is 2.06 bits per heavy atom. The molecule has 0 bridgehead atoms. The van der Waals surface area contributed by atoms with Crippen LogP contribution in [-0.2, 0) is 9.53 Å². The zero-order chi connectivity index (χ0) is 13.5. The van der Waals surface area contributed by atoms with Crippen LogP contribution >= 0.6 is 0 Å². The predicted octanol–water partition coefficient (Wildman–Crippen LogP) is 2.11. The maximum Gasteiger partial charge on any atom is 0.412 e. The first-order valence-electron chi connectivity index (χ1n) is 5.48. The number of ether oxygens (including phenoxy) is 1. The second kappa shape index (κ2) is 6.44. The third-order valence-electron chi connectivity index (χ3n) is 2.33. The summed E-state index contributed by atoms with van der Waals surface area (Å²) < 4.78 is 5.12. The molecule has 0 aliphatic rings. The van der Waals surface area contributed by atoms with Crippen LogP contribution < -0.4 is 11.1 Å². The molecule has 0 radical (unpaired) electrons. The van der Waals surface area contributed by atoms with Gasteiger partial charge in [-0.2, -0.15) is 0 Å². The molecule has 3 N–H and O–H groups in total. The van der Waals surface area contributed by atoms with Crippen molar-refractivity contribution < 1.29 is 15.8 Å². The van der Waals surface area contributed by atoms with Crippen LogP contribution in [0.3, 0.4) is 0 Å². The second-order valence-electron chi connectivity index (χ2n) is 3.80. The van der Waals surface area contributed by atoms with E-state index < -0.39 is 12.2 Å². The highest BCUT2D eigenvalue weighted by Gasteiger charge is 2.12. The summed E-state index contributed by atoms with van der Waals surface area (Å²) in [5.74, 6) is 0. The SMILES string of the molecule is C/C(N)=C(/C=O)NC(=O)O[C@H](C)c1ccccc1.[HH]. The van der Waals surface area contributed by atoms with Gasteiger partial charge >= 0.3 is 6.09 Å². The number of carbonyl (C=O) groups excluding carboxylic acids is 2. The Hall–Kier alpha value is -2.30. The fourth-order valence-electron chi connectivity index (χ4n) is 1.31. The fraction of sp³-hybridized carbons (Fsp3) is 0.231. The Kier molecular flexibility index (Phi) is 4.92. The van der Waals surface area contributed by atoms with Gasteiger partial charge in [-0.25, -0.2) is 4.79 Å². The Balaban J connectivity index is 0.00000324. The number of benzene rings is 1. The van der Waals surface area contributed by atoms with Gasteiger partial charge in [-0.1, -0.05) is 30.3 Å². The lowest BCUT2D eigenvalue weighted by molar-refractivity contribution is -0.105. The molecule has 0 saturated carbocycles. The highest BCUT2D eigenvalue weighted by Crippen LogP contribution is 2.15. The first-order chi connectivity index (χ1) is 8.54. The lowest BCUT2D eigenvalue weighted by Crippen LogP contribution is -2.27. The number of amides is 1. The zero-order valence-electron chi connectivity index (χ0n) is 10.3. The summed E-state index contributed by atoms with van der Waals surface area (Å²) in [6.07, 6.45) is -0.639. The molecule has 0 aliphatic carbocycles. The summed E-state index contributed by atoms with van der Waals surface area (Å²) in [5.41, 5.74) is 6.53. The van der Waals surface area contributed by atoms with Crippen molar-refractivity contribution in [1.82, 2.24) is 5.32 Å². The summed E-state index contributed by atoms with van der Waals surface area (Å²) in [5, 5.41) is 2.29. The van der Waals surface area contributed by atoms with E-state index in [-0.39, 0.29) is 12.8 Å². The normalized spacial score (nSPS) is 13.2. The number of hydrogen-bond donors (Lipinski definition) is 2. The molecule has 0 aliphatic heterocycles. The minimum atomic E-state index is -0.710. The molecule has 0 saturated heterocycles. The van der Waals surface area contributed by atoms with E-state index in [4.69, 9.17) is 10.5 Å². The molecule has 18 heavy (non-hydrogen) atoms. The number of rotatable bonds is 4. The van der Waals surface area contributed by atoms with Gasteiger partial charge in [0, 0.05) is 7.12 Å². The molecule has 1 rings (SSSR count). The minimum absolute atomic E-state index is 0. The molecule has 0 spiro atoms. The van der Waals surface area contributed by atoms with Crippen LogP contribution in [0.1, 0.15) is 26.9 Å². The number of hydrogen-bond acceptors (Lipinski definition) is 4. The summed E-state index contributed by atoms with van der Waals surface area (Å²) in [4.78, 5) is 22.1. The third kappa shape index (κ3) is 3.93. The molecule has 1 aromatic rings. The van der Waals surface area contributed by atoms with E-state index in [1.54, 1.807) is 6.92 Å². The standard InChI is InChI=1S/C13H16N2O3.H2/c1-9(14)12(8-16)15-13(17)18-10(2)11-6-4-3-5-7-11;/h3-8,10H,14H2,1-2H3,(H,15,17);1H/b12-9+;/t10-;/m1./s1. The van der Waals surface area contributed by atoms with Gasteiger partial charge in [0.15, 0.2) is 6.29 Å². The quantitative estimate of drug-likeness (QED) is 0.633. The lowest BCUT2D eigenvalue weighted by atomic mass is 10.1. The van der Waals surface area contributed by atoms with Crippen LogP contribution in [0, 0.1) is 0 Å². The van der Waals surface area contributed by atoms with Crippen LogP contribution in [0.2, 0.25) is 0 Å². The van der Waals surface area contributed by atoms with Crippen molar-refractivity contribution in [1.29, 1.82) is 0 Å². The Morgan fingerprint density at radius 1 is 1.44 bits per heavy atom. The van der Waals surface area contributed by atoms with Crippen LogP contribution in [0.15, 0.2) is 41.7 Å². The van der Waals surface area contributed by atoms with Gasteiger partial charge in [-0.3, -0.25) is 10.1 Å². The maximum absolute atomic E-state index is 11.5. The van der Waals surface area contributed by atoms with Crippen molar-refractivity contribution in [3.63, 3.8) is 0 Å². The monoisotopic (exact) mass is 250 g/mol. The van der Waals surface area contributed by atoms with Crippen molar-refractivity contribution in [3.05, 3.63) is 47.3 Å². The van der Waals surface area contributed by atoms with Gasteiger partial charge in [0.25, 0.3) is 0 Å². The van der Waals surface area contributed by atoms with Crippen molar-refractivity contribution >= 4 is 12.4 Å². The number of aldehydes is 1. The van der Waals surface area contributed by atoms with Gasteiger partial charge in [0.2, 0.25) is 0 Å². The van der Waals surface area contributed by atoms with E-state index in [2.05, 4.69) is 5.32 Å². The zero-order valence-corrected chi connectivity index (χ0v) is 10.3. The molecule has 5 nitrogen and oxygen atoms in total.